The monoisotopic (exact) mass is 248 g/mol. The van der Waals surface area contributed by atoms with Gasteiger partial charge in [0.25, 0.3) is 0 Å². The van der Waals surface area contributed by atoms with E-state index in [1.54, 1.807) is 0 Å². The smallest absolute Gasteiger partial charge is 0.135 e. The fraction of sp³-hybridized carbons (Fsp3) is 0.333. The van der Waals surface area contributed by atoms with Gasteiger partial charge in [0.1, 0.15) is 5.56 Å². The molecule has 90 valence electrons. The summed E-state index contributed by atoms with van der Waals surface area (Å²) < 4.78 is 5.57. The maximum absolute atomic E-state index is 6.19. The maximum atomic E-state index is 6.19. The lowest BCUT2D eigenvalue weighted by Crippen LogP contribution is -2.14. The molecule has 2 heteroatoms. The first-order valence-corrected chi connectivity index (χ1v) is 6.36. The van der Waals surface area contributed by atoms with Gasteiger partial charge in [-0.1, -0.05) is 54.1 Å². The van der Waals surface area contributed by atoms with Crippen molar-refractivity contribution in [2.75, 3.05) is 0 Å². The van der Waals surface area contributed by atoms with E-state index < -0.39 is 0 Å². The Kier molecular flexibility index (Phi) is 4.03. The average Bonchev–Trinajstić information content (AvgIpc) is 2.28. The van der Waals surface area contributed by atoms with Crippen molar-refractivity contribution < 1.29 is 4.74 Å². The number of alkyl halides is 1. The third-order valence-corrected chi connectivity index (χ3v) is 2.94. The minimum atomic E-state index is -0.263. The van der Waals surface area contributed by atoms with Crippen LogP contribution in [-0.2, 0) is 11.2 Å². The Hall–Kier alpha value is -1.05. The fourth-order valence-electron chi connectivity index (χ4n) is 1.99. The molecule has 0 spiro atoms. The van der Waals surface area contributed by atoms with Crippen LogP contribution in [0.1, 0.15) is 19.4 Å². The molecule has 1 atom stereocenters. The van der Waals surface area contributed by atoms with Crippen molar-refractivity contribution in [2.24, 2.45) is 0 Å². The van der Waals surface area contributed by atoms with E-state index in [9.17, 15) is 0 Å². The van der Waals surface area contributed by atoms with Crippen molar-refractivity contribution in [3.8, 4) is 0 Å². The highest BCUT2D eigenvalue weighted by molar-refractivity contribution is 6.19. The Labute approximate surface area is 107 Å². The SMILES string of the molecule is CC(C)OC(Cl)Cc1cccc2ccccc12. The van der Waals surface area contributed by atoms with Crippen molar-refractivity contribution >= 4 is 22.4 Å². The van der Waals surface area contributed by atoms with Gasteiger partial charge in [0.15, 0.2) is 0 Å². The van der Waals surface area contributed by atoms with Gasteiger partial charge >= 0.3 is 0 Å². The highest BCUT2D eigenvalue weighted by Gasteiger charge is 2.10. The Morgan fingerprint density at radius 1 is 1.06 bits per heavy atom. The first-order chi connectivity index (χ1) is 8.16. The van der Waals surface area contributed by atoms with Crippen molar-refractivity contribution in [1.29, 1.82) is 0 Å². The lowest BCUT2D eigenvalue weighted by Gasteiger charge is -2.15. The standard InChI is InChI=1S/C15H17ClO/c1-11(2)17-15(16)10-13-8-5-7-12-6-3-4-9-14(12)13/h3-9,11,15H,10H2,1-2H3. The lowest BCUT2D eigenvalue weighted by molar-refractivity contribution is 0.0555. The van der Waals surface area contributed by atoms with Crippen LogP contribution in [0.5, 0.6) is 0 Å². The molecule has 0 aromatic heterocycles. The molecule has 0 heterocycles. The number of halogens is 1. The van der Waals surface area contributed by atoms with Gasteiger partial charge in [0, 0.05) is 6.42 Å². The minimum Gasteiger partial charge on any atom is -0.359 e. The second kappa shape index (κ2) is 5.52. The Morgan fingerprint density at radius 2 is 1.76 bits per heavy atom. The first-order valence-electron chi connectivity index (χ1n) is 5.93. The number of ether oxygens (including phenoxy) is 1. The van der Waals surface area contributed by atoms with E-state index >= 15 is 0 Å². The largest absolute Gasteiger partial charge is 0.359 e. The topological polar surface area (TPSA) is 9.23 Å². The third kappa shape index (κ3) is 3.21. The van der Waals surface area contributed by atoms with Gasteiger partial charge < -0.3 is 4.74 Å². The number of fused-ring (bicyclic) bond motifs is 1. The van der Waals surface area contributed by atoms with E-state index in [1.165, 1.54) is 16.3 Å². The molecule has 1 nitrogen and oxygen atoms in total. The summed E-state index contributed by atoms with van der Waals surface area (Å²) >= 11 is 6.19. The number of rotatable bonds is 4. The van der Waals surface area contributed by atoms with Crippen LogP contribution in [0, 0.1) is 0 Å². The van der Waals surface area contributed by atoms with Crippen LogP contribution >= 0.6 is 11.6 Å². The second-order valence-electron chi connectivity index (χ2n) is 4.44. The normalized spacial score (nSPS) is 13.2. The van der Waals surface area contributed by atoms with Gasteiger partial charge in [-0.2, -0.15) is 0 Å². The van der Waals surface area contributed by atoms with Crippen LogP contribution < -0.4 is 0 Å². The zero-order valence-corrected chi connectivity index (χ0v) is 10.9. The summed E-state index contributed by atoms with van der Waals surface area (Å²) in [4.78, 5) is 0. The van der Waals surface area contributed by atoms with Crippen molar-refractivity contribution in [3.05, 3.63) is 48.0 Å². The fourth-order valence-corrected chi connectivity index (χ4v) is 2.36. The zero-order chi connectivity index (χ0) is 12.3. The summed E-state index contributed by atoms with van der Waals surface area (Å²) in [5.41, 5.74) is 0.976. The molecule has 1 unspecified atom stereocenters. The maximum Gasteiger partial charge on any atom is 0.135 e. The molecule has 2 rings (SSSR count). The van der Waals surface area contributed by atoms with Crippen molar-refractivity contribution in [2.45, 2.75) is 31.9 Å². The van der Waals surface area contributed by atoms with Crippen LogP contribution in [-0.4, -0.2) is 11.7 Å². The number of hydrogen-bond donors (Lipinski definition) is 0. The molecule has 0 amide bonds. The summed E-state index contributed by atoms with van der Waals surface area (Å²) in [5.74, 6) is 0. The molecule has 0 aliphatic rings. The quantitative estimate of drug-likeness (QED) is 0.730. The molecule has 17 heavy (non-hydrogen) atoms. The molecule has 0 saturated carbocycles. The van der Waals surface area contributed by atoms with E-state index in [1.807, 2.05) is 13.8 Å². The summed E-state index contributed by atoms with van der Waals surface area (Å²) in [6, 6.07) is 14.6. The molecule has 2 aromatic carbocycles. The predicted octanol–water partition coefficient (Wildman–Crippen LogP) is 4.37. The third-order valence-electron chi connectivity index (χ3n) is 2.68. The van der Waals surface area contributed by atoms with Crippen molar-refractivity contribution in [3.63, 3.8) is 0 Å². The van der Waals surface area contributed by atoms with E-state index in [0.29, 0.717) is 0 Å². The molecule has 0 saturated heterocycles. The van der Waals surface area contributed by atoms with Gasteiger partial charge in [0.2, 0.25) is 0 Å². The van der Waals surface area contributed by atoms with Crippen molar-refractivity contribution in [1.82, 2.24) is 0 Å². The Morgan fingerprint density at radius 3 is 2.53 bits per heavy atom. The molecule has 2 aromatic rings. The molecule has 0 aliphatic heterocycles. The lowest BCUT2D eigenvalue weighted by atomic mass is 10.0. The molecule has 0 N–H and O–H groups in total. The summed E-state index contributed by atoms with van der Waals surface area (Å²) in [6.07, 6.45) is 0.897. The Balaban J connectivity index is 2.24. The van der Waals surface area contributed by atoms with E-state index in [0.717, 1.165) is 6.42 Å². The summed E-state index contributed by atoms with van der Waals surface area (Å²) in [5, 5.41) is 2.51. The molecule has 0 fully saturated rings. The van der Waals surface area contributed by atoms with Gasteiger partial charge in [0.05, 0.1) is 6.10 Å². The Bertz CT molecular complexity index is 488. The second-order valence-corrected chi connectivity index (χ2v) is 4.92. The molecular weight excluding hydrogens is 232 g/mol. The van der Waals surface area contributed by atoms with Gasteiger partial charge in [-0.15, -0.1) is 0 Å². The highest BCUT2D eigenvalue weighted by atomic mass is 35.5. The first kappa shape index (κ1) is 12.4. The van der Waals surface area contributed by atoms with Crippen LogP contribution in [0.3, 0.4) is 0 Å². The van der Waals surface area contributed by atoms with Crippen LogP contribution in [0.25, 0.3) is 10.8 Å². The minimum absolute atomic E-state index is 0.160. The van der Waals surface area contributed by atoms with E-state index in [2.05, 4.69) is 42.5 Å². The summed E-state index contributed by atoms with van der Waals surface area (Å²) in [7, 11) is 0. The van der Waals surface area contributed by atoms with Crippen LogP contribution in [0.2, 0.25) is 0 Å². The summed E-state index contributed by atoms with van der Waals surface area (Å²) in [6.45, 7) is 4.00. The van der Waals surface area contributed by atoms with Crippen LogP contribution in [0.15, 0.2) is 42.5 Å². The molecule has 0 bridgehead atoms. The number of hydrogen-bond acceptors (Lipinski definition) is 1. The van der Waals surface area contributed by atoms with Gasteiger partial charge in [-0.3, -0.25) is 0 Å². The highest BCUT2D eigenvalue weighted by Crippen LogP contribution is 2.21. The molecule has 0 aliphatic carbocycles. The van der Waals surface area contributed by atoms with Crippen LogP contribution in [0.4, 0.5) is 0 Å². The van der Waals surface area contributed by atoms with Gasteiger partial charge in [-0.05, 0) is 30.2 Å². The molecule has 0 radical (unpaired) electrons. The zero-order valence-electron chi connectivity index (χ0n) is 10.2. The van der Waals surface area contributed by atoms with E-state index in [-0.39, 0.29) is 11.7 Å². The van der Waals surface area contributed by atoms with Gasteiger partial charge in [-0.25, -0.2) is 0 Å². The number of benzene rings is 2. The van der Waals surface area contributed by atoms with E-state index in [4.69, 9.17) is 16.3 Å². The average molecular weight is 249 g/mol. The molecular formula is C15H17ClO. The predicted molar refractivity (Wildman–Crippen MR) is 73.5 cm³/mol.